The normalized spacial score (nSPS) is 13.4. The summed E-state index contributed by atoms with van der Waals surface area (Å²) in [5.74, 6) is -0.248. The zero-order chi connectivity index (χ0) is 15.1. The van der Waals surface area contributed by atoms with E-state index in [1.54, 1.807) is 6.92 Å². The Kier molecular flexibility index (Phi) is 5.49. The first kappa shape index (κ1) is 15.2. The van der Waals surface area contributed by atoms with Gasteiger partial charge in [-0.25, -0.2) is 0 Å². The van der Waals surface area contributed by atoms with Crippen LogP contribution in [0.25, 0.3) is 0 Å². The number of para-hydroxylation sites is 1. The standard InChI is InChI=1S/C17H20N2O2/c1-13(21-12-14-8-4-2-5-9-14)16(18)17(20)19-15-10-6-3-7-11-15/h2-11,13,16H,12,18H2,1H3,(H,19,20)/t13-,16+/m0/s1. The first-order chi connectivity index (χ1) is 10.2. The molecule has 0 aliphatic rings. The van der Waals surface area contributed by atoms with E-state index >= 15 is 0 Å². The fraction of sp³-hybridized carbons (Fsp3) is 0.235. The summed E-state index contributed by atoms with van der Waals surface area (Å²) in [6, 6.07) is 18.3. The Morgan fingerprint density at radius 2 is 1.67 bits per heavy atom. The van der Waals surface area contributed by atoms with Crippen molar-refractivity contribution in [2.75, 3.05) is 5.32 Å². The molecule has 21 heavy (non-hydrogen) atoms. The van der Waals surface area contributed by atoms with E-state index in [0.29, 0.717) is 6.61 Å². The van der Waals surface area contributed by atoms with Crippen LogP contribution in [0.1, 0.15) is 12.5 Å². The molecule has 0 radical (unpaired) electrons. The summed E-state index contributed by atoms with van der Waals surface area (Å²) in [5.41, 5.74) is 7.72. The minimum absolute atomic E-state index is 0.248. The second-order valence-corrected chi connectivity index (χ2v) is 4.88. The molecule has 4 heteroatoms. The highest BCUT2D eigenvalue weighted by Crippen LogP contribution is 2.09. The Morgan fingerprint density at radius 1 is 1.10 bits per heavy atom. The van der Waals surface area contributed by atoms with Gasteiger partial charge in [0.1, 0.15) is 6.04 Å². The Bertz CT molecular complexity index is 558. The highest BCUT2D eigenvalue weighted by atomic mass is 16.5. The summed E-state index contributed by atoms with van der Waals surface area (Å²) in [6.45, 7) is 2.24. The van der Waals surface area contributed by atoms with Gasteiger partial charge in [-0.15, -0.1) is 0 Å². The van der Waals surface area contributed by atoms with Gasteiger partial charge in [0.05, 0.1) is 12.7 Å². The molecule has 0 heterocycles. The lowest BCUT2D eigenvalue weighted by atomic mass is 10.1. The van der Waals surface area contributed by atoms with E-state index < -0.39 is 6.04 Å². The highest BCUT2D eigenvalue weighted by Gasteiger charge is 2.21. The zero-order valence-electron chi connectivity index (χ0n) is 12.0. The molecule has 3 N–H and O–H groups in total. The maximum absolute atomic E-state index is 12.0. The monoisotopic (exact) mass is 284 g/mol. The topological polar surface area (TPSA) is 64.3 Å². The molecular formula is C17H20N2O2. The van der Waals surface area contributed by atoms with Gasteiger partial charge in [0, 0.05) is 5.69 Å². The number of carbonyl (C=O) groups is 1. The smallest absolute Gasteiger partial charge is 0.243 e. The van der Waals surface area contributed by atoms with Gasteiger partial charge in [-0.1, -0.05) is 48.5 Å². The number of hydrogen-bond donors (Lipinski definition) is 2. The van der Waals surface area contributed by atoms with Crippen LogP contribution in [0.4, 0.5) is 5.69 Å². The number of ether oxygens (including phenoxy) is 1. The van der Waals surface area contributed by atoms with Gasteiger partial charge >= 0.3 is 0 Å². The van der Waals surface area contributed by atoms with Crippen LogP contribution in [0.5, 0.6) is 0 Å². The van der Waals surface area contributed by atoms with Crippen LogP contribution in [0.2, 0.25) is 0 Å². The fourth-order valence-corrected chi connectivity index (χ4v) is 1.87. The van der Waals surface area contributed by atoms with E-state index in [-0.39, 0.29) is 12.0 Å². The largest absolute Gasteiger partial charge is 0.372 e. The van der Waals surface area contributed by atoms with Crippen molar-refractivity contribution in [2.24, 2.45) is 5.73 Å². The third-order valence-electron chi connectivity index (χ3n) is 3.21. The van der Waals surface area contributed by atoms with Gasteiger partial charge in [0.25, 0.3) is 0 Å². The molecule has 0 fully saturated rings. The predicted molar refractivity (Wildman–Crippen MR) is 83.7 cm³/mol. The molecule has 0 aromatic heterocycles. The van der Waals surface area contributed by atoms with Gasteiger partial charge < -0.3 is 15.8 Å². The van der Waals surface area contributed by atoms with E-state index in [4.69, 9.17) is 10.5 Å². The number of rotatable bonds is 6. The third kappa shape index (κ3) is 4.70. The quantitative estimate of drug-likeness (QED) is 0.857. The Balaban J connectivity index is 1.84. The summed E-state index contributed by atoms with van der Waals surface area (Å²) in [4.78, 5) is 12.0. The van der Waals surface area contributed by atoms with Crippen molar-refractivity contribution in [2.45, 2.75) is 25.7 Å². The molecule has 0 bridgehead atoms. The maximum atomic E-state index is 12.0. The van der Waals surface area contributed by atoms with Crippen LogP contribution >= 0.6 is 0 Å². The van der Waals surface area contributed by atoms with Crippen molar-refractivity contribution in [3.63, 3.8) is 0 Å². The lowest BCUT2D eigenvalue weighted by Gasteiger charge is -2.20. The Hall–Kier alpha value is -2.17. The maximum Gasteiger partial charge on any atom is 0.243 e. The van der Waals surface area contributed by atoms with Crippen molar-refractivity contribution in [1.82, 2.24) is 0 Å². The number of carbonyl (C=O) groups excluding carboxylic acids is 1. The van der Waals surface area contributed by atoms with Crippen molar-refractivity contribution in [1.29, 1.82) is 0 Å². The lowest BCUT2D eigenvalue weighted by molar-refractivity contribution is -0.120. The van der Waals surface area contributed by atoms with E-state index in [2.05, 4.69) is 5.32 Å². The second kappa shape index (κ2) is 7.57. The van der Waals surface area contributed by atoms with E-state index in [1.807, 2.05) is 60.7 Å². The first-order valence-corrected chi connectivity index (χ1v) is 6.94. The lowest BCUT2D eigenvalue weighted by Crippen LogP contribution is -2.45. The zero-order valence-corrected chi connectivity index (χ0v) is 12.0. The molecule has 2 atom stereocenters. The number of nitrogens with one attached hydrogen (secondary N) is 1. The van der Waals surface area contributed by atoms with Crippen molar-refractivity contribution in [3.05, 3.63) is 66.2 Å². The highest BCUT2D eigenvalue weighted by molar-refractivity contribution is 5.95. The molecule has 0 saturated carbocycles. The van der Waals surface area contributed by atoms with Crippen LogP contribution in [-0.2, 0) is 16.1 Å². The third-order valence-corrected chi connectivity index (χ3v) is 3.21. The molecule has 0 unspecified atom stereocenters. The SMILES string of the molecule is C[C@H](OCc1ccccc1)[C@@H](N)C(=O)Nc1ccccc1. The average Bonchev–Trinajstić information content (AvgIpc) is 2.53. The minimum atomic E-state index is -0.714. The molecular weight excluding hydrogens is 264 g/mol. The molecule has 4 nitrogen and oxygen atoms in total. The van der Waals surface area contributed by atoms with Crippen molar-refractivity contribution >= 4 is 11.6 Å². The number of benzene rings is 2. The minimum Gasteiger partial charge on any atom is -0.372 e. The first-order valence-electron chi connectivity index (χ1n) is 6.94. The number of amides is 1. The van der Waals surface area contributed by atoms with Gasteiger partial charge in [-0.2, -0.15) is 0 Å². The fourth-order valence-electron chi connectivity index (χ4n) is 1.87. The summed E-state index contributed by atoms with van der Waals surface area (Å²) < 4.78 is 5.66. The Labute approximate surface area is 124 Å². The summed E-state index contributed by atoms with van der Waals surface area (Å²) >= 11 is 0. The van der Waals surface area contributed by atoms with Crippen molar-refractivity contribution in [3.8, 4) is 0 Å². The molecule has 2 aromatic rings. The predicted octanol–water partition coefficient (Wildman–Crippen LogP) is 2.56. The van der Waals surface area contributed by atoms with Gasteiger partial charge in [0.15, 0.2) is 0 Å². The molecule has 0 aliphatic carbocycles. The number of nitrogens with two attached hydrogens (primary N) is 1. The molecule has 2 rings (SSSR count). The Morgan fingerprint density at radius 3 is 2.29 bits per heavy atom. The van der Waals surface area contributed by atoms with Crippen LogP contribution in [-0.4, -0.2) is 18.1 Å². The van der Waals surface area contributed by atoms with Crippen LogP contribution in [0.3, 0.4) is 0 Å². The molecule has 0 saturated heterocycles. The van der Waals surface area contributed by atoms with Gasteiger partial charge in [0.2, 0.25) is 5.91 Å². The van der Waals surface area contributed by atoms with Gasteiger partial charge in [-0.05, 0) is 24.6 Å². The molecule has 110 valence electrons. The summed E-state index contributed by atoms with van der Waals surface area (Å²) in [5, 5.41) is 2.78. The number of hydrogen-bond acceptors (Lipinski definition) is 3. The second-order valence-electron chi connectivity index (χ2n) is 4.88. The molecule has 2 aromatic carbocycles. The summed E-state index contributed by atoms with van der Waals surface area (Å²) in [6.07, 6.45) is -0.367. The van der Waals surface area contributed by atoms with Crippen LogP contribution < -0.4 is 11.1 Å². The van der Waals surface area contributed by atoms with E-state index in [9.17, 15) is 4.79 Å². The van der Waals surface area contributed by atoms with E-state index in [1.165, 1.54) is 0 Å². The van der Waals surface area contributed by atoms with Crippen LogP contribution in [0, 0.1) is 0 Å². The van der Waals surface area contributed by atoms with Crippen LogP contribution in [0.15, 0.2) is 60.7 Å². The molecule has 1 amide bonds. The molecule has 0 aliphatic heterocycles. The van der Waals surface area contributed by atoms with E-state index in [0.717, 1.165) is 11.3 Å². The summed E-state index contributed by atoms with van der Waals surface area (Å²) in [7, 11) is 0. The van der Waals surface area contributed by atoms with Crippen molar-refractivity contribution < 1.29 is 9.53 Å². The molecule has 0 spiro atoms. The average molecular weight is 284 g/mol. The number of anilines is 1. The van der Waals surface area contributed by atoms with Gasteiger partial charge in [-0.3, -0.25) is 4.79 Å².